The molecule has 0 aromatic carbocycles. The van der Waals surface area contributed by atoms with Gasteiger partial charge >= 0.3 is 0 Å². The fourth-order valence-electron chi connectivity index (χ4n) is 2.91. The van der Waals surface area contributed by atoms with Crippen molar-refractivity contribution in [2.75, 3.05) is 20.1 Å². The van der Waals surface area contributed by atoms with E-state index in [-0.39, 0.29) is 24.1 Å². The number of carbonyl (C=O) groups is 1. The van der Waals surface area contributed by atoms with Crippen molar-refractivity contribution < 1.29 is 9.90 Å². The van der Waals surface area contributed by atoms with Gasteiger partial charge in [-0.15, -0.1) is 0 Å². The van der Waals surface area contributed by atoms with Crippen LogP contribution in [0, 0.1) is 0 Å². The summed E-state index contributed by atoms with van der Waals surface area (Å²) in [6.07, 6.45) is 3.55. The van der Waals surface area contributed by atoms with Gasteiger partial charge in [0.2, 0.25) is 5.91 Å². The molecule has 1 saturated heterocycles. The van der Waals surface area contributed by atoms with Gasteiger partial charge in [0.05, 0.1) is 18.2 Å². The summed E-state index contributed by atoms with van der Waals surface area (Å²) in [5, 5.41) is 16.6. The van der Waals surface area contributed by atoms with Crippen molar-refractivity contribution in [3.05, 3.63) is 0 Å². The molecule has 4 atom stereocenters. The second kappa shape index (κ2) is 5.99. The first-order chi connectivity index (χ1) is 8.59. The van der Waals surface area contributed by atoms with Crippen LogP contribution in [0.25, 0.3) is 0 Å². The lowest BCUT2D eigenvalue weighted by Crippen LogP contribution is -2.61. The first kappa shape index (κ1) is 13.8. The number of nitrogens with zero attached hydrogens (tertiary/aromatic N) is 1. The first-order valence-electron chi connectivity index (χ1n) is 7.01. The molecule has 5 heteroatoms. The molecule has 2 fully saturated rings. The molecule has 2 rings (SSSR count). The summed E-state index contributed by atoms with van der Waals surface area (Å²) in [6.45, 7) is 3.59. The number of aliphatic hydroxyl groups is 1. The molecular formula is C13H25N3O2. The number of carbonyl (C=O) groups excluding carboxylic acids is 1. The number of nitrogens with one attached hydrogen (secondary N) is 2. The van der Waals surface area contributed by atoms with Crippen LogP contribution < -0.4 is 10.6 Å². The van der Waals surface area contributed by atoms with Crippen LogP contribution in [0.4, 0.5) is 0 Å². The third-order valence-corrected chi connectivity index (χ3v) is 4.18. The maximum atomic E-state index is 12.4. The number of rotatable bonds is 2. The van der Waals surface area contributed by atoms with Gasteiger partial charge in [0, 0.05) is 26.2 Å². The first-order valence-corrected chi connectivity index (χ1v) is 7.01. The average Bonchev–Trinajstić information content (AvgIpc) is 2.38. The van der Waals surface area contributed by atoms with Gasteiger partial charge in [-0.2, -0.15) is 0 Å². The highest BCUT2D eigenvalue weighted by atomic mass is 16.3. The Kier molecular flexibility index (Phi) is 4.59. The number of aliphatic hydroxyl groups excluding tert-OH is 1. The minimum atomic E-state index is -0.358. The Morgan fingerprint density at radius 1 is 1.22 bits per heavy atom. The largest absolute Gasteiger partial charge is 0.391 e. The molecule has 1 heterocycles. The van der Waals surface area contributed by atoms with Gasteiger partial charge in [-0.25, -0.2) is 0 Å². The Morgan fingerprint density at radius 2 is 1.94 bits per heavy atom. The Hall–Kier alpha value is -0.650. The molecule has 1 saturated carbocycles. The molecule has 1 aliphatic heterocycles. The van der Waals surface area contributed by atoms with E-state index in [2.05, 4.69) is 17.6 Å². The van der Waals surface area contributed by atoms with Crippen molar-refractivity contribution in [3.8, 4) is 0 Å². The van der Waals surface area contributed by atoms with E-state index in [0.29, 0.717) is 12.6 Å². The molecule has 4 unspecified atom stereocenters. The van der Waals surface area contributed by atoms with Gasteiger partial charge in [0.15, 0.2) is 0 Å². The standard InChI is InChI=1S/C13H25N3O2/c1-9-7-15-10(8-14-9)13(18)16(2)11-5-3-4-6-12(11)17/h9-12,14-15,17H,3-8H2,1-2H3. The van der Waals surface area contributed by atoms with E-state index in [0.717, 1.165) is 32.2 Å². The maximum absolute atomic E-state index is 12.4. The molecular weight excluding hydrogens is 230 g/mol. The maximum Gasteiger partial charge on any atom is 0.241 e. The summed E-state index contributed by atoms with van der Waals surface area (Å²) in [5.41, 5.74) is 0. The molecule has 2 aliphatic rings. The number of hydrogen-bond donors (Lipinski definition) is 3. The summed E-state index contributed by atoms with van der Waals surface area (Å²) in [7, 11) is 1.82. The Labute approximate surface area is 109 Å². The summed E-state index contributed by atoms with van der Waals surface area (Å²) in [4.78, 5) is 14.1. The van der Waals surface area contributed by atoms with Crippen LogP contribution in [0.3, 0.4) is 0 Å². The number of likely N-dealkylation sites (N-methyl/N-ethyl adjacent to an activating group) is 1. The van der Waals surface area contributed by atoms with E-state index in [1.165, 1.54) is 0 Å². The molecule has 18 heavy (non-hydrogen) atoms. The lowest BCUT2D eigenvalue weighted by Gasteiger charge is -2.38. The molecule has 0 spiro atoms. The number of hydrogen-bond acceptors (Lipinski definition) is 4. The molecule has 0 aromatic rings. The average molecular weight is 255 g/mol. The van der Waals surface area contributed by atoms with Gasteiger partial charge in [-0.3, -0.25) is 4.79 Å². The molecule has 1 amide bonds. The summed E-state index contributed by atoms with van der Waals surface area (Å²) in [6, 6.07) is 0.257. The Morgan fingerprint density at radius 3 is 2.56 bits per heavy atom. The Bertz CT molecular complexity index is 290. The normalized spacial score (nSPS) is 37.3. The van der Waals surface area contributed by atoms with E-state index in [4.69, 9.17) is 0 Å². The van der Waals surface area contributed by atoms with Crippen molar-refractivity contribution in [3.63, 3.8) is 0 Å². The third-order valence-electron chi connectivity index (χ3n) is 4.18. The topological polar surface area (TPSA) is 64.6 Å². The quantitative estimate of drug-likeness (QED) is 0.634. The third kappa shape index (κ3) is 3.02. The monoisotopic (exact) mass is 255 g/mol. The molecule has 3 N–H and O–H groups in total. The molecule has 104 valence electrons. The van der Waals surface area contributed by atoms with Crippen molar-refractivity contribution in [2.24, 2.45) is 0 Å². The van der Waals surface area contributed by atoms with E-state index < -0.39 is 0 Å². The van der Waals surface area contributed by atoms with Crippen LogP contribution in [0.1, 0.15) is 32.6 Å². The fourth-order valence-corrected chi connectivity index (χ4v) is 2.91. The van der Waals surface area contributed by atoms with Crippen LogP contribution in [0.5, 0.6) is 0 Å². The summed E-state index contributed by atoms with van der Waals surface area (Å²) in [5.74, 6) is 0.0975. The molecule has 5 nitrogen and oxygen atoms in total. The molecule has 0 bridgehead atoms. The predicted molar refractivity (Wildman–Crippen MR) is 70.3 cm³/mol. The zero-order valence-electron chi connectivity index (χ0n) is 11.4. The van der Waals surface area contributed by atoms with Crippen molar-refractivity contribution >= 4 is 5.91 Å². The summed E-state index contributed by atoms with van der Waals surface area (Å²) < 4.78 is 0. The van der Waals surface area contributed by atoms with E-state index in [1.807, 2.05) is 7.05 Å². The zero-order valence-corrected chi connectivity index (χ0v) is 11.4. The van der Waals surface area contributed by atoms with Crippen LogP contribution in [0.2, 0.25) is 0 Å². The van der Waals surface area contributed by atoms with Crippen molar-refractivity contribution in [1.29, 1.82) is 0 Å². The van der Waals surface area contributed by atoms with E-state index in [1.54, 1.807) is 4.90 Å². The predicted octanol–water partition coefficient (Wildman–Crippen LogP) is -0.302. The summed E-state index contributed by atoms with van der Waals surface area (Å²) >= 11 is 0. The number of piperazine rings is 1. The smallest absolute Gasteiger partial charge is 0.241 e. The molecule has 0 radical (unpaired) electrons. The van der Waals surface area contributed by atoms with Gasteiger partial charge in [-0.1, -0.05) is 12.8 Å². The van der Waals surface area contributed by atoms with Gasteiger partial charge in [0.1, 0.15) is 0 Å². The van der Waals surface area contributed by atoms with Crippen LogP contribution >= 0.6 is 0 Å². The lowest BCUT2D eigenvalue weighted by molar-refractivity contribution is -0.138. The highest BCUT2D eigenvalue weighted by molar-refractivity contribution is 5.82. The van der Waals surface area contributed by atoms with E-state index in [9.17, 15) is 9.90 Å². The van der Waals surface area contributed by atoms with Crippen molar-refractivity contribution in [2.45, 2.75) is 56.8 Å². The van der Waals surface area contributed by atoms with Crippen LogP contribution in [-0.4, -0.2) is 60.3 Å². The molecule has 0 aromatic heterocycles. The van der Waals surface area contributed by atoms with Crippen LogP contribution in [0.15, 0.2) is 0 Å². The van der Waals surface area contributed by atoms with E-state index >= 15 is 0 Å². The second-order valence-corrected chi connectivity index (χ2v) is 5.64. The minimum Gasteiger partial charge on any atom is -0.391 e. The van der Waals surface area contributed by atoms with Gasteiger partial charge in [0.25, 0.3) is 0 Å². The highest BCUT2D eigenvalue weighted by Gasteiger charge is 2.33. The highest BCUT2D eigenvalue weighted by Crippen LogP contribution is 2.22. The van der Waals surface area contributed by atoms with Crippen LogP contribution in [-0.2, 0) is 4.79 Å². The van der Waals surface area contributed by atoms with Gasteiger partial charge < -0.3 is 20.6 Å². The SMILES string of the molecule is CC1CNC(C(=O)N(C)C2CCCCC2O)CN1. The Balaban J connectivity index is 1.91. The lowest BCUT2D eigenvalue weighted by atomic mass is 9.91. The van der Waals surface area contributed by atoms with Crippen molar-refractivity contribution in [1.82, 2.24) is 15.5 Å². The second-order valence-electron chi connectivity index (χ2n) is 5.64. The molecule has 1 aliphatic carbocycles. The minimum absolute atomic E-state index is 0.00704. The van der Waals surface area contributed by atoms with Gasteiger partial charge in [-0.05, 0) is 19.8 Å². The fraction of sp³-hybridized carbons (Fsp3) is 0.923. The zero-order chi connectivity index (χ0) is 13.1. The number of amides is 1.